The largest absolute Gasteiger partial charge is 0.356 e. The van der Waals surface area contributed by atoms with Crippen molar-refractivity contribution in [2.24, 2.45) is 4.99 Å². The van der Waals surface area contributed by atoms with Crippen molar-refractivity contribution in [2.75, 3.05) is 26.7 Å². The summed E-state index contributed by atoms with van der Waals surface area (Å²) >= 11 is 0. The van der Waals surface area contributed by atoms with Gasteiger partial charge in [0.1, 0.15) is 0 Å². The van der Waals surface area contributed by atoms with E-state index in [4.69, 9.17) is 0 Å². The van der Waals surface area contributed by atoms with Crippen molar-refractivity contribution in [1.29, 1.82) is 0 Å². The summed E-state index contributed by atoms with van der Waals surface area (Å²) in [6.07, 6.45) is 7.89. The van der Waals surface area contributed by atoms with Crippen LogP contribution in [0, 0.1) is 13.8 Å². The van der Waals surface area contributed by atoms with Gasteiger partial charge in [0, 0.05) is 51.0 Å². The Hall–Kier alpha value is -0.830. The second kappa shape index (κ2) is 10.5. The number of guanidine groups is 1. The number of hydrogen-bond acceptors (Lipinski definition) is 3. The van der Waals surface area contributed by atoms with Gasteiger partial charge in [-0.05, 0) is 45.6 Å². The number of nitrogens with one attached hydrogen (secondary N) is 2. The van der Waals surface area contributed by atoms with E-state index in [0.717, 1.165) is 43.8 Å². The third-order valence-corrected chi connectivity index (χ3v) is 5.57. The van der Waals surface area contributed by atoms with Crippen LogP contribution >= 0.6 is 24.0 Å². The molecule has 0 spiro atoms. The Morgan fingerprint density at radius 3 is 2.69 bits per heavy atom. The molecule has 148 valence electrons. The Labute approximate surface area is 175 Å². The Balaban J connectivity index is 0.00000243. The quantitative estimate of drug-likeness (QED) is 0.288. The molecule has 2 N–H and O–H groups in total. The van der Waals surface area contributed by atoms with Gasteiger partial charge in [-0.1, -0.05) is 12.8 Å². The van der Waals surface area contributed by atoms with Gasteiger partial charge in [-0.2, -0.15) is 5.10 Å². The number of aromatic nitrogens is 2. The molecule has 0 bridgehead atoms. The summed E-state index contributed by atoms with van der Waals surface area (Å²) in [5.74, 6) is 0.937. The minimum Gasteiger partial charge on any atom is -0.356 e. The zero-order valence-electron chi connectivity index (χ0n) is 16.5. The van der Waals surface area contributed by atoms with Gasteiger partial charge in [-0.15, -0.1) is 24.0 Å². The van der Waals surface area contributed by atoms with Crippen LogP contribution in [-0.4, -0.2) is 59.4 Å². The van der Waals surface area contributed by atoms with Crippen molar-refractivity contribution in [3.8, 4) is 0 Å². The van der Waals surface area contributed by atoms with E-state index in [-0.39, 0.29) is 24.0 Å². The monoisotopic (exact) mass is 474 g/mol. The SMILES string of the molecule is CN=C(NCCCn1nc(C)cc1C)NC1CCN(C2CCCC2)C1.I. The summed E-state index contributed by atoms with van der Waals surface area (Å²) in [6, 6.07) is 3.50. The molecule has 0 aromatic carbocycles. The fourth-order valence-corrected chi connectivity index (χ4v) is 4.23. The lowest BCUT2D eigenvalue weighted by Gasteiger charge is -2.24. The van der Waals surface area contributed by atoms with E-state index < -0.39 is 0 Å². The zero-order valence-corrected chi connectivity index (χ0v) is 18.8. The fraction of sp³-hybridized carbons (Fsp3) is 0.789. The van der Waals surface area contributed by atoms with Gasteiger partial charge in [0.2, 0.25) is 0 Å². The molecule has 1 aromatic heterocycles. The first-order chi connectivity index (χ1) is 12.2. The van der Waals surface area contributed by atoms with Crippen molar-refractivity contribution in [3.05, 3.63) is 17.5 Å². The molecular weight excluding hydrogens is 439 g/mol. The molecule has 2 heterocycles. The third-order valence-electron chi connectivity index (χ3n) is 5.57. The fourth-order valence-electron chi connectivity index (χ4n) is 4.23. The van der Waals surface area contributed by atoms with Gasteiger partial charge in [-0.25, -0.2) is 0 Å². The molecule has 1 aromatic rings. The second-order valence-electron chi connectivity index (χ2n) is 7.57. The van der Waals surface area contributed by atoms with E-state index in [2.05, 4.69) is 43.3 Å². The third kappa shape index (κ3) is 5.84. The first-order valence-corrected chi connectivity index (χ1v) is 9.88. The number of aryl methyl sites for hydroxylation is 3. The highest BCUT2D eigenvalue weighted by atomic mass is 127. The standard InChI is InChI=1S/C19H34N6.HI/c1-15-13-16(2)25(23-15)11-6-10-21-19(20-3)22-17-9-12-24(14-17)18-7-4-5-8-18;/h13,17-18H,4-12,14H2,1-3H3,(H2,20,21,22);1H. The molecular formula is C19H35IN6. The molecule has 3 rings (SSSR count). The molecule has 0 amide bonds. The van der Waals surface area contributed by atoms with Gasteiger partial charge >= 0.3 is 0 Å². The summed E-state index contributed by atoms with van der Waals surface area (Å²) in [4.78, 5) is 7.08. The molecule has 26 heavy (non-hydrogen) atoms. The highest BCUT2D eigenvalue weighted by Crippen LogP contribution is 2.26. The first kappa shape index (κ1) is 21.5. The van der Waals surface area contributed by atoms with Gasteiger partial charge < -0.3 is 10.6 Å². The number of aliphatic imine (C=N–C) groups is 1. The Morgan fingerprint density at radius 1 is 1.27 bits per heavy atom. The molecule has 0 radical (unpaired) electrons. The van der Waals surface area contributed by atoms with Crippen LogP contribution in [0.25, 0.3) is 0 Å². The van der Waals surface area contributed by atoms with Gasteiger partial charge in [0.15, 0.2) is 5.96 Å². The van der Waals surface area contributed by atoms with E-state index in [9.17, 15) is 0 Å². The molecule has 2 fully saturated rings. The smallest absolute Gasteiger partial charge is 0.191 e. The maximum Gasteiger partial charge on any atom is 0.191 e. The average Bonchev–Trinajstić information content (AvgIpc) is 3.31. The molecule has 1 saturated heterocycles. The maximum atomic E-state index is 4.51. The van der Waals surface area contributed by atoms with Crippen molar-refractivity contribution >= 4 is 29.9 Å². The van der Waals surface area contributed by atoms with Crippen LogP contribution in [0.5, 0.6) is 0 Å². The minimum atomic E-state index is 0. The van der Waals surface area contributed by atoms with Crippen LogP contribution in [0.4, 0.5) is 0 Å². The van der Waals surface area contributed by atoms with E-state index in [1.165, 1.54) is 44.3 Å². The minimum absolute atomic E-state index is 0. The van der Waals surface area contributed by atoms with Crippen molar-refractivity contribution in [1.82, 2.24) is 25.3 Å². The normalized spacial score (nSPS) is 21.8. The Bertz CT molecular complexity index is 579. The molecule has 1 aliphatic heterocycles. The summed E-state index contributed by atoms with van der Waals surface area (Å²) in [5, 5.41) is 11.6. The molecule has 1 atom stereocenters. The van der Waals surface area contributed by atoms with Gasteiger partial charge in [0.05, 0.1) is 5.69 Å². The van der Waals surface area contributed by atoms with Crippen LogP contribution in [0.2, 0.25) is 0 Å². The highest BCUT2D eigenvalue weighted by Gasteiger charge is 2.30. The van der Waals surface area contributed by atoms with Crippen molar-refractivity contribution in [2.45, 2.75) is 71.0 Å². The van der Waals surface area contributed by atoms with E-state index in [1.807, 2.05) is 14.0 Å². The second-order valence-corrected chi connectivity index (χ2v) is 7.57. The number of likely N-dealkylation sites (tertiary alicyclic amines) is 1. The summed E-state index contributed by atoms with van der Waals surface area (Å²) < 4.78 is 2.09. The lowest BCUT2D eigenvalue weighted by Crippen LogP contribution is -2.45. The van der Waals surface area contributed by atoms with Crippen molar-refractivity contribution in [3.63, 3.8) is 0 Å². The molecule has 1 aliphatic carbocycles. The van der Waals surface area contributed by atoms with Crippen LogP contribution in [-0.2, 0) is 6.54 Å². The van der Waals surface area contributed by atoms with E-state index in [1.54, 1.807) is 0 Å². The van der Waals surface area contributed by atoms with Crippen molar-refractivity contribution < 1.29 is 0 Å². The van der Waals surface area contributed by atoms with Crippen LogP contribution < -0.4 is 10.6 Å². The van der Waals surface area contributed by atoms with Gasteiger partial charge in [0.25, 0.3) is 0 Å². The van der Waals surface area contributed by atoms with E-state index >= 15 is 0 Å². The molecule has 2 aliphatic rings. The molecule has 1 unspecified atom stereocenters. The predicted octanol–water partition coefficient (Wildman–Crippen LogP) is 2.69. The first-order valence-electron chi connectivity index (χ1n) is 9.88. The lowest BCUT2D eigenvalue weighted by atomic mass is 10.2. The highest BCUT2D eigenvalue weighted by molar-refractivity contribution is 14.0. The maximum absolute atomic E-state index is 4.51. The van der Waals surface area contributed by atoms with Crippen LogP contribution in [0.15, 0.2) is 11.1 Å². The van der Waals surface area contributed by atoms with Crippen LogP contribution in [0.1, 0.15) is 49.9 Å². The number of nitrogens with zero attached hydrogens (tertiary/aromatic N) is 4. The topological polar surface area (TPSA) is 57.5 Å². The predicted molar refractivity (Wildman–Crippen MR) is 118 cm³/mol. The summed E-state index contributed by atoms with van der Waals surface area (Å²) in [7, 11) is 1.86. The van der Waals surface area contributed by atoms with Gasteiger partial charge in [-0.3, -0.25) is 14.6 Å². The molecule has 1 saturated carbocycles. The molecule has 6 nitrogen and oxygen atoms in total. The number of hydrogen-bond donors (Lipinski definition) is 2. The number of halogens is 1. The number of rotatable bonds is 6. The lowest BCUT2D eigenvalue weighted by molar-refractivity contribution is 0.242. The average molecular weight is 474 g/mol. The summed E-state index contributed by atoms with van der Waals surface area (Å²) in [6.45, 7) is 8.42. The van der Waals surface area contributed by atoms with Crippen LogP contribution in [0.3, 0.4) is 0 Å². The Kier molecular flexibility index (Phi) is 8.66. The Morgan fingerprint density at radius 2 is 2.04 bits per heavy atom. The van der Waals surface area contributed by atoms with E-state index in [0.29, 0.717) is 6.04 Å². The molecule has 7 heteroatoms. The summed E-state index contributed by atoms with van der Waals surface area (Å²) in [5.41, 5.74) is 2.33. The zero-order chi connectivity index (χ0) is 17.6.